The summed E-state index contributed by atoms with van der Waals surface area (Å²) in [7, 11) is -3.36. The average molecular weight is 329 g/mol. The summed E-state index contributed by atoms with van der Waals surface area (Å²) in [6.45, 7) is 7.94. The quantitative estimate of drug-likeness (QED) is 0.900. The van der Waals surface area contributed by atoms with Gasteiger partial charge in [0, 0.05) is 37.2 Å². The second kappa shape index (κ2) is 7.13. The number of aryl methyl sites for hydroxylation is 1. The van der Waals surface area contributed by atoms with Gasteiger partial charge in [-0.2, -0.15) is 16.1 Å². The molecule has 1 aliphatic rings. The molecule has 1 aromatic rings. The van der Waals surface area contributed by atoms with Gasteiger partial charge in [0.1, 0.15) is 0 Å². The number of hydrogen-bond donors (Lipinski definition) is 1. The molecule has 21 heavy (non-hydrogen) atoms. The molecular weight excluding hydrogens is 304 g/mol. The molecule has 0 spiro atoms. The van der Waals surface area contributed by atoms with Crippen LogP contribution in [0.25, 0.3) is 0 Å². The van der Waals surface area contributed by atoms with Gasteiger partial charge in [-0.15, -0.1) is 0 Å². The van der Waals surface area contributed by atoms with Gasteiger partial charge < -0.3 is 5.32 Å². The molecule has 1 aliphatic heterocycles. The lowest BCUT2D eigenvalue weighted by atomic mass is 10.1. The largest absolute Gasteiger partial charge is 0.310 e. The van der Waals surface area contributed by atoms with Gasteiger partial charge in [-0.25, -0.2) is 8.42 Å². The molecule has 0 atom stereocenters. The lowest BCUT2D eigenvalue weighted by molar-refractivity contribution is 0.443. The van der Waals surface area contributed by atoms with Crippen LogP contribution < -0.4 is 5.32 Å². The number of rotatable bonds is 5. The van der Waals surface area contributed by atoms with E-state index in [2.05, 4.69) is 19.2 Å². The summed E-state index contributed by atoms with van der Waals surface area (Å²) in [4.78, 5) is 0.456. The van der Waals surface area contributed by atoms with E-state index in [0.717, 1.165) is 22.6 Å². The van der Waals surface area contributed by atoms with Crippen molar-refractivity contribution < 1.29 is 8.42 Å². The van der Waals surface area contributed by atoms with Crippen molar-refractivity contribution in [2.45, 2.75) is 38.3 Å². The highest BCUT2D eigenvalue weighted by Crippen LogP contribution is 2.24. The number of nitrogens with zero attached hydrogens (tertiary/aromatic N) is 1. The Kier molecular flexibility index (Phi) is 5.71. The Morgan fingerprint density at radius 1 is 1.29 bits per heavy atom. The maximum atomic E-state index is 12.8. The van der Waals surface area contributed by atoms with Gasteiger partial charge in [0.25, 0.3) is 0 Å². The number of hydrogen-bond acceptors (Lipinski definition) is 4. The third-order valence-corrected chi connectivity index (χ3v) is 6.54. The number of thioether (sulfide) groups is 1. The van der Waals surface area contributed by atoms with Gasteiger partial charge in [0.15, 0.2) is 0 Å². The van der Waals surface area contributed by atoms with Crippen LogP contribution in [0, 0.1) is 6.92 Å². The predicted octanol–water partition coefficient (Wildman–Crippen LogP) is 2.23. The Labute approximate surface area is 132 Å². The Hall–Kier alpha value is -0.560. The smallest absolute Gasteiger partial charge is 0.243 e. The molecule has 118 valence electrons. The third-order valence-electron chi connectivity index (χ3n) is 3.55. The molecule has 0 bridgehead atoms. The van der Waals surface area contributed by atoms with E-state index in [4.69, 9.17) is 0 Å². The monoisotopic (exact) mass is 328 g/mol. The van der Waals surface area contributed by atoms with Crippen LogP contribution in [0.5, 0.6) is 0 Å². The predicted molar refractivity (Wildman–Crippen MR) is 89.2 cm³/mol. The van der Waals surface area contributed by atoms with Gasteiger partial charge >= 0.3 is 0 Å². The van der Waals surface area contributed by atoms with Crippen LogP contribution in [0.3, 0.4) is 0 Å². The maximum absolute atomic E-state index is 12.8. The molecule has 6 heteroatoms. The first kappa shape index (κ1) is 16.8. The molecule has 4 nitrogen and oxygen atoms in total. The highest BCUT2D eigenvalue weighted by molar-refractivity contribution is 7.99. The van der Waals surface area contributed by atoms with E-state index in [0.29, 0.717) is 30.6 Å². The summed E-state index contributed by atoms with van der Waals surface area (Å²) in [5.41, 5.74) is 1.83. The molecule has 0 amide bonds. The molecule has 0 saturated carbocycles. The zero-order valence-electron chi connectivity index (χ0n) is 12.9. The summed E-state index contributed by atoms with van der Waals surface area (Å²) in [5, 5.41) is 3.33. The highest BCUT2D eigenvalue weighted by atomic mass is 32.2. The SMILES string of the molecule is Cc1ccc(CNC(C)C)cc1S(=O)(=O)N1CCSCC1. The number of sulfonamides is 1. The van der Waals surface area contributed by atoms with E-state index in [1.54, 1.807) is 4.31 Å². The van der Waals surface area contributed by atoms with Crippen molar-refractivity contribution in [2.24, 2.45) is 0 Å². The molecule has 0 unspecified atom stereocenters. The fourth-order valence-corrected chi connectivity index (χ4v) is 5.13. The van der Waals surface area contributed by atoms with E-state index >= 15 is 0 Å². The molecule has 1 heterocycles. The van der Waals surface area contributed by atoms with Gasteiger partial charge in [-0.05, 0) is 24.1 Å². The summed E-state index contributed by atoms with van der Waals surface area (Å²) < 4.78 is 27.2. The van der Waals surface area contributed by atoms with Crippen LogP contribution in [0.4, 0.5) is 0 Å². The summed E-state index contributed by atoms with van der Waals surface area (Å²) in [6, 6.07) is 6.10. The van der Waals surface area contributed by atoms with Crippen molar-refractivity contribution in [1.29, 1.82) is 0 Å². The van der Waals surface area contributed by atoms with Gasteiger partial charge in [-0.3, -0.25) is 0 Å². The summed E-state index contributed by atoms with van der Waals surface area (Å²) >= 11 is 1.81. The number of benzene rings is 1. The standard InChI is InChI=1S/C15H24N2O2S2/c1-12(2)16-11-14-5-4-13(3)15(10-14)21(18,19)17-6-8-20-9-7-17/h4-5,10,12,16H,6-9,11H2,1-3H3. The molecule has 1 N–H and O–H groups in total. The Morgan fingerprint density at radius 2 is 1.95 bits per heavy atom. The van der Waals surface area contributed by atoms with Gasteiger partial charge in [-0.1, -0.05) is 26.0 Å². The Bertz CT molecular complexity index is 579. The second-order valence-corrected chi connectivity index (χ2v) is 8.78. The maximum Gasteiger partial charge on any atom is 0.243 e. The van der Waals surface area contributed by atoms with E-state index in [9.17, 15) is 8.42 Å². The van der Waals surface area contributed by atoms with Crippen LogP contribution in [0.15, 0.2) is 23.1 Å². The van der Waals surface area contributed by atoms with E-state index in [1.165, 1.54) is 0 Å². The molecule has 1 fully saturated rings. The molecule has 0 aliphatic carbocycles. The first-order valence-corrected chi connectivity index (χ1v) is 9.91. The highest BCUT2D eigenvalue weighted by Gasteiger charge is 2.27. The Morgan fingerprint density at radius 3 is 2.57 bits per heavy atom. The lowest BCUT2D eigenvalue weighted by Crippen LogP contribution is -2.38. The van der Waals surface area contributed by atoms with E-state index in [-0.39, 0.29) is 0 Å². The fourth-order valence-electron chi connectivity index (χ4n) is 2.28. The van der Waals surface area contributed by atoms with Gasteiger partial charge in [0.05, 0.1) is 4.90 Å². The second-order valence-electron chi connectivity index (χ2n) is 5.65. The lowest BCUT2D eigenvalue weighted by Gasteiger charge is -2.26. The zero-order valence-corrected chi connectivity index (χ0v) is 14.6. The molecule has 1 saturated heterocycles. The minimum absolute atomic E-state index is 0.380. The summed E-state index contributed by atoms with van der Waals surface area (Å²) in [5.74, 6) is 1.76. The van der Waals surface area contributed by atoms with E-state index < -0.39 is 10.0 Å². The van der Waals surface area contributed by atoms with E-state index in [1.807, 2.05) is 36.9 Å². The fraction of sp³-hybridized carbons (Fsp3) is 0.600. The number of nitrogens with one attached hydrogen (secondary N) is 1. The van der Waals surface area contributed by atoms with Crippen LogP contribution >= 0.6 is 11.8 Å². The molecule has 0 aromatic heterocycles. The van der Waals surface area contributed by atoms with Crippen LogP contribution in [0.1, 0.15) is 25.0 Å². The zero-order chi connectivity index (χ0) is 15.5. The molecular formula is C15H24N2O2S2. The van der Waals surface area contributed by atoms with Gasteiger partial charge in [0.2, 0.25) is 10.0 Å². The van der Waals surface area contributed by atoms with Crippen molar-refractivity contribution in [3.63, 3.8) is 0 Å². The molecule has 0 radical (unpaired) electrons. The Balaban J connectivity index is 2.26. The topological polar surface area (TPSA) is 49.4 Å². The van der Waals surface area contributed by atoms with Crippen molar-refractivity contribution in [3.8, 4) is 0 Å². The molecule has 1 aromatic carbocycles. The minimum atomic E-state index is -3.36. The van der Waals surface area contributed by atoms with Crippen molar-refractivity contribution >= 4 is 21.8 Å². The van der Waals surface area contributed by atoms with Crippen molar-refractivity contribution in [1.82, 2.24) is 9.62 Å². The summed E-state index contributed by atoms with van der Waals surface area (Å²) in [6.07, 6.45) is 0. The van der Waals surface area contributed by atoms with Crippen molar-refractivity contribution in [3.05, 3.63) is 29.3 Å². The average Bonchev–Trinajstić information content (AvgIpc) is 2.47. The first-order valence-electron chi connectivity index (χ1n) is 7.32. The van der Waals surface area contributed by atoms with Crippen LogP contribution in [0.2, 0.25) is 0 Å². The normalized spacial score (nSPS) is 17.3. The molecule has 2 rings (SSSR count). The van der Waals surface area contributed by atoms with Crippen molar-refractivity contribution in [2.75, 3.05) is 24.6 Å². The van der Waals surface area contributed by atoms with Crippen LogP contribution in [-0.2, 0) is 16.6 Å². The third kappa shape index (κ3) is 4.22. The minimum Gasteiger partial charge on any atom is -0.310 e. The first-order chi connectivity index (χ1) is 9.91. The van der Waals surface area contributed by atoms with Crippen LogP contribution in [-0.4, -0.2) is 43.4 Å².